The molecule has 7 nitrogen and oxygen atoms in total. The van der Waals surface area contributed by atoms with Gasteiger partial charge in [0.1, 0.15) is 10.7 Å². The maximum Gasteiger partial charge on any atom is 0.239 e. The summed E-state index contributed by atoms with van der Waals surface area (Å²) in [5, 5.41) is 5.07. The first-order valence-corrected chi connectivity index (χ1v) is 8.47. The van der Waals surface area contributed by atoms with E-state index in [0.717, 1.165) is 32.0 Å². The minimum Gasteiger partial charge on any atom is -0.354 e. The number of piperazine rings is 1. The third-order valence-corrected chi connectivity index (χ3v) is 4.91. The van der Waals surface area contributed by atoms with E-state index >= 15 is 0 Å². The van der Waals surface area contributed by atoms with Gasteiger partial charge in [0.05, 0.1) is 0 Å². The highest BCUT2D eigenvalue weighted by molar-refractivity contribution is 7.89. The number of nitrogens with two attached hydrogens (primary N) is 2. The Morgan fingerprint density at radius 1 is 1.24 bits per heavy atom. The van der Waals surface area contributed by atoms with Crippen molar-refractivity contribution in [3.8, 4) is 0 Å². The fourth-order valence-electron chi connectivity index (χ4n) is 2.40. The van der Waals surface area contributed by atoms with Crippen LogP contribution < -0.4 is 15.8 Å². The fourth-order valence-corrected chi connectivity index (χ4v) is 2.86. The van der Waals surface area contributed by atoms with Crippen LogP contribution in [0.1, 0.15) is 13.8 Å². The van der Waals surface area contributed by atoms with Gasteiger partial charge in [0.2, 0.25) is 10.0 Å². The molecule has 1 aliphatic heterocycles. The molecule has 0 aliphatic carbocycles. The van der Waals surface area contributed by atoms with E-state index in [-0.39, 0.29) is 10.4 Å². The van der Waals surface area contributed by atoms with Gasteiger partial charge in [-0.25, -0.2) is 18.5 Å². The summed E-state index contributed by atoms with van der Waals surface area (Å²) in [6, 6.07) is 3.19. The second kappa shape index (κ2) is 5.88. The van der Waals surface area contributed by atoms with E-state index in [9.17, 15) is 8.42 Å². The molecule has 2 heterocycles. The minimum atomic E-state index is -3.68. The Bertz CT molecular complexity index is 577. The van der Waals surface area contributed by atoms with Gasteiger partial charge >= 0.3 is 0 Å². The van der Waals surface area contributed by atoms with Crippen LogP contribution in [0.3, 0.4) is 0 Å². The summed E-state index contributed by atoms with van der Waals surface area (Å²) in [5.74, 6) is 0.771. The summed E-state index contributed by atoms with van der Waals surface area (Å²) in [6.45, 7) is 8.39. The average molecular weight is 313 g/mol. The van der Waals surface area contributed by atoms with Gasteiger partial charge in [0.15, 0.2) is 0 Å². The number of hydrogen-bond acceptors (Lipinski definition) is 6. The second-order valence-electron chi connectivity index (χ2n) is 5.89. The van der Waals surface area contributed by atoms with Crippen LogP contribution in [0.5, 0.6) is 0 Å². The van der Waals surface area contributed by atoms with Gasteiger partial charge in [-0.05, 0) is 26.0 Å². The zero-order valence-corrected chi connectivity index (χ0v) is 13.3. The molecule has 4 N–H and O–H groups in total. The molecule has 1 aliphatic rings. The van der Waals surface area contributed by atoms with E-state index in [1.54, 1.807) is 6.07 Å². The van der Waals surface area contributed by atoms with Crippen LogP contribution >= 0.6 is 0 Å². The number of rotatable bonds is 4. The molecule has 21 heavy (non-hydrogen) atoms. The summed E-state index contributed by atoms with van der Waals surface area (Å²) >= 11 is 0. The summed E-state index contributed by atoms with van der Waals surface area (Å²) < 4.78 is 22.4. The standard InChI is InChI=1S/C13H23N5O2S/c1-13(2,10-14)18-7-5-17(6-8-18)12-4-3-11(9-16-12)21(15,19)20/h3-4,9H,5-8,10,14H2,1-2H3,(H2,15,19,20). The predicted octanol–water partition coefficient (Wildman–Crippen LogP) is -0.412. The lowest BCUT2D eigenvalue weighted by Gasteiger charge is -2.43. The molecule has 0 saturated carbocycles. The third kappa shape index (κ3) is 3.70. The van der Waals surface area contributed by atoms with Gasteiger partial charge in [-0.1, -0.05) is 0 Å². The molecule has 8 heteroatoms. The van der Waals surface area contributed by atoms with Crippen LogP contribution in [0.15, 0.2) is 23.2 Å². The van der Waals surface area contributed by atoms with Crippen LogP contribution in [-0.2, 0) is 10.0 Å². The topological polar surface area (TPSA) is 106 Å². The van der Waals surface area contributed by atoms with Crippen molar-refractivity contribution in [3.63, 3.8) is 0 Å². The number of pyridine rings is 1. The lowest BCUT2D eigenvalue weighted by molar-refractivity contribution is 0.119. The maximum absolute atomic E-state index is 11.2. The van der Waals surface area contributed by atoms with E-state index in [2.05, 4.69) is 28.6 Å². The highest BCUT2D eigenvalue weighted by Gasteiger charge is 2.29. The molecule has 0 atom stereocenters. The molecular weight excluding hydrogens is 290 g/mol. The quantitative estimate of drug-likeness (QED) is 0.783. The van der Waals surface area contributed by atoms with Crippen LogP contribution in [0, 0.1) is 0 Å². The van der Waals surface area contributed by atoms with Crippen molar-refractivity contribution in [3.05, 3.63) is 18.3 Å². The molecule has 118 valence electrons. The number of nitrogens with zero attached hydrogens (tertiary/aromatic N) is 3. The summed E-state index contributed by atoms with van der Waals surface area (Å²) in [7, 11) is -3.68. The number of aromatic nitrogens is 1. The lowest BCUT2D eigenvalue weighted by atomic mass is 10.0. The van der Waals surface area contributed by atoms with Crippen molar-refractivity contribution in [2.24, 2.45) is 10.9 Å². The van der Waals surface area contributed by atoms with Crippen molar-refractivity contribution in [2.45, 2.75) is 24.3 Å². The molecule has 0 radical (unpaired) electrons. The number of hydrogen-bond donors (Lipinski definition) is 2. The highest BCUT2D eigenvalue weighted by Crippen LogP contribution is 2.19. The molecule has 1 saturated heterocycles. The highest BCUT2D eigenvalue weighted by atomic mass is 32.2. The van der Waals surface area contributed by atoms with E-state index in [0.29, 0.717) is 6.54 Å². The number of anilines is 1. The number of sulfonamides is 1. The Hall–Kier alpha value is -1.22. The van der Waals surface area contributed by atoms with Crippen molar-refractivity contribution in [2.75, 3.05) is 37.6 Å². The van der Waals surface area contributed by atoms with Gasteiger partial charge in [-0.15, -0.1) is 0 Å². The van der Waals surface area contributed by atoms with Crippen molar-refractivity contribution in [1.82, 2.24) is 9.88 Å². The first kappa shape index (κ1) is 16.2. The van der Waals surface area contributed by atoms with E-state index in [4.69, 9.17) is 10.9 Å². The van der Waals surface area contributed by atoms with Crippen molar-refractivity contribution in [1.29, 1.82) is 0 Å². The van der Waals surface area contributed by atoms with Crippen LogP contribution in [0.2, 0.25) is 0 Å². The van der Waals surface area contributed by atoms with Crippen LogP contribution in [-0.4, -0.2) is 56.6 Å². The van der Waals surface area contributed by atoms with Gasteiger partial charge in [-0.3, -0.25) is 4.90 Å². The maximum atomic E-state index is 11.2. The molecule has 0 spiro atoms. The van der Waals surface area contributed by atoms with Crippen molar-refractivity contribution >= 4 is 15.8 Å². The van der Waals surface area contributed by atoms with Gasteiger partial charge < -0.3 is 10.6 Å². The monoisotopic (exact) mass is 313 g/mol. The largest absolute Gasteiger partial charge is 0.354 e. The Labute approximate surface area is 126 Å². The summed E-state index contributed by atoms with van der Waals surface area (Å²) in [5.41, 5.74) is 5.80. The third-order valence-electron chi connectivity index (χ3n) is 4.01. The molecule has 0 unspecified atom stereocenters. The SMILES string of the molecule is CC(C)(CN)N1CCN(c2ccc(S(N)(=O)=O)cn2)CC1. The zero-order valence-electron chi connectivity index (χ0n) is 12.5. The molecule has 0 bridgehead atoms. The molecule has 1 fully saturated rings. The molecule has 1 aromatic rings. The smallest absolute Gasteiger partial charge is 0.239 e. The Balaban J connectivity index is 2.03. The Morgan fingerprint density at radius 2 is 1.86 bits per heavy atom. The first-order chi connectivity index (χ1) is 9.74. The Kier molecular flexibility index (Phi) is 4.52. The molecule has 0 amide bonds. The molecular formula is C13H23N5O2S. The summed E-state index contributed by atoms with van der Waals surface area (Å²) in [4.78, 5) is 8.73. The minimum absolute atomic E-state index is 0.00297. The second-order valence-corrected chi connectivity index (χ2v) is 7.45. The molecule has 0 aromatic carbocycles. The Morgan fingerprint density at radius 3 is 2.29 bits per heavy atom. The lowest BCUT2D eigenvalue weighted by Crippen LogP contribution is -2.57. The average Bonchev–Trinajstić information content (AvgIpc) is 2.47. The van der Waals surface area contributed by atoms with Gasteiger partial charge in [0.25, 0.3) is 0 Å². The van der Waals surface area contributed by atoms with Gasteiger partial charge in [0, 0.05) is 44.5 Å². The van der Waals surface area contributed by atoms with E-state index in [1.165, 1.54) is 12.3 Å². The van der Waals surface area contributed by atoms with Crippen LogP contribution in [0.25, 0.3) is 0 Å². The molecule has 1 aromatic heterocycles. The summed E-state index contributed by atoms with van der Waals surface area (Å²) in [6.07, 6.45) is 1.31. The molecule has 2 rings (SSSR count). The normalized spacial score (nSPS) is 18.0. The predicted molar refractivity (Wildman–Crippen MR) is 82.5 cm³/mol. The first-order valence-electron chi connectivity index (χ1n) is 6.93. The fraction of sp³-hybridized carbons (Fsp3) is 0.615. The van der Waals surface area contributed by atoms with E-state index < -0.39 is 10.0 Å². The van der Waals surface area contributed by atoms with E-state index in [1.807, 2.05) is 0 Å². The van der Waals surface area contributed by atoms with Crippen LogP contribution in [0.4, 0.5) is 5.82 Å². The van der Waals surface area contributed by atoms with Crippen molar-refractivity contribution < 1.29 is 8.42 Å². The number of primary sulfonamides is 1. The van der Waals surface area contributed by atoms with Gasteiger partial charge in [-0.2, -0.15) is 0 Å². The zero-order chi connectivity index (χ0) is 15.7.